The van der Waals surface area contributed by atoms with Crippen LogP contribution in [-0.2, 0) is 19.0 Å². The molecular weight excluding hydrogens is 214 g/mol. The van der Waals surface area contributed by atoms with Crippen molar-refractivity contribution in [2.75, 3.05) is 27.4 Å². The summed E-state index contributed by atoms with van der Waals surface area (Å²) in [6.07, 6.45) is 0.829. The molecule has 0 bridgehead atoms. The number of hydrogen-bond acceptors (Lipinski definition) is 5. The molecular formula is C10H17NO5. The minimum absolute atomic E-state index is 0.0419. The Hall–Kier alpha value is -1.30. The molecule has 6 heteroatoms. The zero-order valence-electron chi connectivity index (χ0n) is 9.52. The second kappa shape index (κ2) is 6.32. The van der Waals surface area contributed by atoms with E-state index in [4.69, 9.17) is 4.74 Å². The Morgan fingerprint density at radius 3 is 2.38 bits per heavy atom. The molecule has 1 aliphatic rings. The predicted octanol–water partition coefficient (Wildman–Crippen LogP) is 0.311. The predicted molar refractivity (Wildman–Crippen MR) is 54.9 cm³/mol. The van der Waals surface area contributed by atoms with E-state index in [1.165, 1.54) is 14.2 Å². The van der Waals surface area contributed by atoms with Gasteiger partial charge in [0.2, 0.25) is 0 Å². The summed E-state index contributed by atoms with van der Waals surface area (Å²) < 4.78 is 14.3. The monoisotopic (exact) mass is 231 g/mol. The molecule has 6 nitrogen and oxygen atoms in total. The summed E-state index contributed by atoms with van der Waals surface area (Å²) in [6, 6.07) is -0.652. The molecule has 1 atom stereocenters. The Kier molecular flexibility index (Phi) is 5.04. The average Bonchev–Trinajstić information content (AvgIpc) is 2.35. The van der Waals surface area contributed by atoms with E-state index in [0.717, 1.165) is 12.8 Å². The smallest absolute Gasteiger partial charge is 0.407 e. The molecule has 1 aliphatic heterocycles. The summed E-state index contributed by atoms with van der Waals surface area (Å²) in [7, 11) is 2.56. The van der Waals surface area contributed by atoms with Gasteiger partial charge in [-0.2, -0.15) is 0 Å². The zero-order valence-corrected chi connectivity index (χ0v) is 9.52. The van der Waals surface area contributed by atoms with Crippen LogP contribution in [-0.4, -0.2) is 45.5 Å². The van der Waals surface area contributed by atoms with Gasteiger partial charge in [-0.3, -0.25) is 0 Å². The number of rotatable bonds is 3. The molecule has 1 saturated heterocycles. The lowest BCUT2D eigenvalue weighted by Crippen LogP contribution is -2.48. The third-order valence-electron chi connectivity index (χ3n) is 2.65. The fraction of sp³-hybridized carbons (Fsp3) is 0.800. The van der Waals surface area contributed by atoms with Crippen LogP contribution in [0.2, 0.25) is 0 Å². The summed E-state index contributed by atoms with van der Waals surface area (Å²) in [5, 5.41) is 2.50. The Labute approximate surface area is 94.2 Å². The second-order valence-corrected chi connectivity index (χ2v) is 3.59. The highest BCUT2D eigenvalue weighted by molar-refractivity contribution is 5.81. The Bertz CT molecular complexity index is 250. The maximum atomic E-state index is 11.5. The van der Waals surface area contributed by atoms with Crippen molar-refractivity contribution in [1.82, 2.24) is 5.32 Å². The fourth-order valence-electron chi connectivity index (χ4n) is 1.73. The highest BCUT2D eigenvalue weighted by Gasteiger charge is 2.32. The van der Waals surface area contributed by atoms with E-state index in [2.05, 4.69) is 14.8 Å². The number of ether oxygens (including phenoxy) is 3. The number of amides is 1. The van der Waals surface area contributed by atoms with Gasteiger partial charge in [0.05, 0.1) is 14.2 Å². The van der Waals surface area contributed by atoms with Crippen molar-refractivity contribution >= 4 is 12.1 Å². The van der Waals surface area contributed by atoms with E-state index in [0.29, 0.717) is 13.2 Å². The van der Waals surface area contributed by atoms with Gasteiger partial charge in [0.25, 0.3) is 0 Å². The topological polar surface area (TPSA) is 73.9 Å². The van der Waals surface area contributed by atoms with Gasteiger partial charge in [-0.15, -0.1) is 0 Å². The van der Waals surface area contributed by atoms with Crippen LogP contribution in [0, 0.1) is 5.92 Å². The van der Waals surface area contributed by atoms with Crippen LogP contribution >= 0.6 is 0 Å². The van der Waals surface area contributed by atoms with Crippen LogP contribution in [0.5, 0.6) is 0 Å². The Morgan fingerprint density at radius 1 is 1.25 bits per heavy atom. The molecule has 1 rings (SSSR count). The van der Waals surface area contributed by atoms with Crippen LogP contribution in [0.25, 0.3) is 0 Å². The number of methoxy groups -OCH3 is 2. The summed E-state index contributed by atoms with van der Waals surface area (Å²) in [5.74, 6) is -0.405. The summed E-state index contributed by atoms with van der Waals surface area (Å²) in [4.78, 5) is 22.6. The fourth-order valence-corrected chi connectivity index (χ4v) is 1.73. The highest BCUT2D eigenvalue weighted by atomic mass is 16.5. The lowest BCUT2D eigenvalue weighted by atomic mass is 9.92. The first kappa shape index (κ1) is 12.8. The largest absolute Gasteiger partial charge is 0.467 e. The van der Waals surface area contributed by atoms with Crippen LogP contribution in [0.4, 0.5) is 4.79 Å². The summed E-state index contributed by atoms with van der Waals surface area (Å²) in [5.41, 5.74) is 0. The van der Waals surface area contributed by atoms with Crippen molar-refractivity contribution in [2.24, 2.45) is 5.92 Å². The maximum Gasteiger partial charge on any atom is 0.407 e. The lowest BCUT2D eigenvalue weighted by Gasteiger charge is -2.28. The molecule has 92 valence electrons. The normalized spacial score (nSPS) is 18.6. The van der Waals surface area contributed by atoms with E-state index in [1.807, 2.05) is 0 Å². The molecule has 16 heavy (non-hydrogen) atoms. The van der Waals surface area contributed by atoms with Gasteiger partial charge in [-0.25, -0.2) is 9.59 Å². The number of esters is 1. The van der Waals surface area contributed by atoms with Gasteiger partial charge in [0.15, 0.2) is 0 Å². The molecule has 1 heterocycles. The lowest BCUT2D eigenvalue weighted by molar-refractivity contribution is -0.145. The van der Waals surface area contributed by atoms with Gasteiger partial charge < -0.3 is 19.5 Å². The first-order chi connectivity index (χ1) is 7.69. The zero-order chi connectivity index (χ0) is 12.0. The van der Waals surface area contributed by atoms with Gasteiger partial charge in [0, 0.05) is 13.2 Å². The van der Waals surface area contributed by atoms with Gasteiger partial charge in [-0.05, 0) is 18.8 Å². The van der Waals surface area contributed by atoms with Crippen molar-refractivity contribution < 1.29 is 23.8 Å². The van der Waals surface area contributed by atoms with E-state index in [9.17, 15) is 9.59 Å². The molecule has 0 aromatic heterocycles. The van der Waals surface area contributed by atoms with Gasteiger partial charge >= 0.3 is 12.1 Å². The molecule has 1 amide bonds. The molecule has 0 aromatic carbocycles. The van der Waals surface area contributed by atoms with E-state index in [-0.39, 0.29) is 5.92 Å². The molecule has 0 spiro atoms. The van der Waals surface area contributed by atoms with Crippen molar-refractivity contribution in [1.29, 1.82) is 0 Å². The number of hydrogen-bond donors (Lipinski definition) is 1. The van der Waals surface area contributed by atoms with E-state index < -0.39 is 18.1 Å². The standard InChI is InChI=1S/C10H17NO5/c1-14-9(12)8(11-10(13)15-2)7-3-5-16-6-4-7/h7-8H,3-6H2,1-2H3,(H,11,13). The first-order valence-corrected chi connectivity index (χ1v) is 5.19. The molecule has 1 N–H and O–H groups in total. The Balaban J connectivity index is 2.61. The minimum Gasteiger partial charge on any atom is -0.467 e. The minimum atomic E-state index is -0.652. The highest BCUT2D eigenvalue weighted by Crippen LogP contribution is 2.19. The number of carbonyl (C=O) groups excluding carboxylic acids is 2. The van der Waals surface area contributed by atoms with Gasteiger partial charge in [-0.1, -0.05) is 0 Å². The summed E-state index contributed by atoms with van der Waals surface area (Å²) in [6.45, 7) is 1.20. The van der Waals surface area contributed by atoms with Crippen LogP contribution in [0.1, 0.15) is 12.8 Å². The maximum absolute atomic E-state index is 11.5. The quantitative estimate of drug-likeness (QED) is 0.708. The third-order valence-corrected chi connectivity index (χ3v) is 2.65. The molecule has 0 radical (unpaired) electrons. The first-order valence-electron chi connectivity index (χ1n) is 5.19. The second-order valence-electron chi connectivity index (χ2n) is 3.59. The molecule has 0 aromatic rings. The van der Waals surface area contributed by atoms with E-state index >= 15 is 0 Å². The Morgan fingerprint density at radius 2 is 1.88 bits per heavy atom. The van der Waals surface area contributed by atoms with Crippen molar-refractivity contribution in [3.8, 4) is 0 Å². The molecule has 1 unspecified atom stereocenters. The summed E-state index contributed by atoms with van der Waals surface area (Å²) >= 11 is 0. The molecule has 0 aliphatic carbocycles. The van der Waals surface area contributed by atoms with Crippen LogP contribution < -0.4 is 5.32 Å². The van der Waals surface area contributed by atoms with E-state index in [1.54, 1.807) is 0 Å². The van der Waals surface area contributed by atoms with Crippen molar-refractivity contribution in [3.05, 3.63) is 0 Å². The SMILES string of the molecule is COC(=O)NC(C(=O)OC)C1CCOCC1. The average molecular weight is 231 g/mol. The molecule has 0 saturated carbocycles. The van der Waals surface area contributed by atoms with Crippen LogP contribution in [0.15, 0.2) is 0 Å². The van der Waals surface area contributed by atoms with Crippen LogP contribution in [0.3, 0.4) is 0 Å². The number of nitrogens with one attached hydrogen (secondary N) is 1. The number of alkyl carbamates (subject to hydrolysis) is 1. The molecule has 1 fully saturated rings. The number of carbonyl (C=O) groups is 2. The third kappa shape index (κ3) is 3.37. The van der Waals surface area contributed by atoms with Crippen molar-refractivity contribution in [3.63, 3.8) is 0 Å². The van der Waals surface area contributed by atoms with Crippen molar-refractivity contribution in [2.45, 2.75) is 18.9 Å². The van der Waals surface area contributed by atoms with Gasteiger partial charge in [0.1, 0.15) is 6.04 Å².